The normalized spacial score (nSPS) is 19.4. The number of nitrogens with two attached hydrogens (primary N) is 1. The molecule has 0 spiro atoms. The van der Waals surface area contributed by atoms with Crippen molar-refractivity contribution in [3.8, 4) is 0 Å². The number of aryl methyl sites for hydroxylation is 2. The number of thiophene rings is 1. The summed E-state index contributed by atoms with van der Waals surface area (Å²) in [6.07, 6.45) is 6.07. The zero-order chi connectivity index (χ0) is 13.0. The predicted molar refractivity (Wildman–Crippen MR) is 80.7 cm³/mol. The van der Waals surface area contributed by atoms with Gasteiger partial charge in [0.15, 0.2) is 0 Å². The molecule has 0 radical (unpaired) electrons. The Morgan fingerprint density at radius 3 is 2.89 bits per heavy atom. The maximum absolute atomic E-state index is 6.51. The number of hydrogen-bond donors (Lipinski definition) is 1. The summed E-state index contributed by atoms with van der Waals surface area (Å²) >= 11 is 1.88. The van der Waals surface area contributed by atoms with E-state index in [0.717, 1.165) is 25.2 Å². The van der Waals surface area contributed by atoms with E-state index < -0.39 is 0 Å². The largest absolute Gasteiger partial charge is 0.398 e. The van der Waals surface area contributed by atoms with Crippen LogP contribution in [0.4, 0.5) is 5.69 Å². The van der Waals surface area contributed by atoms with Crippen molar-refractivity contribution in [1.29, 1.82) is 0 Å². The number of fused-ring (bicyclic) bond motifs is 4. The molecule has 2 aromatic rings. The third kappa shape index (κ3) is 1.70. The molecular formula is C15H19N3S. The van der Waals surface area contributed by atoms with E-state index in [-0.39, 0.29) is 0 Å². The van der Waals surface area contributed by atoms with E-state index in [9.17, 15) is 0 Å². The van der Waals surface area contributed by atoms with E-state index in [0.29, 0.717) is 0 Å². The first kappa shape index (κ1) is 11.7. The molecule has 0 fully saturated rings. The van der Waals surface area contributed by atoms with Gasteiger partial charge in [-0.3, -0.25) is 0 Å². The Morgan fingerprint density at radius 1 is 1.16 bits per heavy atom. The summed E-state index contributed by atoms with van der Waals surface area (Å²) in [5.41, 5.74) is 11.6. The number of pyridine rings is 1. The van der Waals surface area contributed by atoms with Crippen molar-refractivity contribution in [2.75, 3.05) is 19.3 Å². The van der Waals surface area contributed by atoms with Gasteiger partial charge in [-0.05, 0) is 38.3 Å². The molecule has 4 heteroatoms. The Balaban J connectivity index is 1.99. The van der Waals surface area contributed by atoms with Crippen LogP contribution in [0.15, 0.2) is 0 Å². The van der Waals surface area contributed by atoms with Gasteiger partial charge in [-0.1, -0.05) is 0 Å². The second-order valence-electron chi connectivity index (χ2n) is 5.83. The van der Waals surface area contributed by atoms with E-state index in [2.05, 4.69) is 11.9 Å². The molecule has 1 aliphatic carbocycles. The lowest BCUT2D eigenvalue weighted by molar-refractivity contribution is 0.311. The van der Waals surface area contributed by atoms with Crippen LogP contribution in [0.25, 0.3) is 10.2 Å². The smallest absolute Gasteiger partial charge is 0.126 e. The Labute approximate surface area is 117 Å². The molecule has 0 amide bonds. The van der Waals surface area contributed by atoms with Gasteiger partial charge in [0, 0.05) is 46.7 Å². The van der Waals surface area contributed by atoms with Gasteiger partial charge >= 0.3 is 0 Å². The maximum Gasteiger partial charge on any atom is 0.126 e. The Kier molecular flexibility index (Phi) is 2.57. The highest BCUT2D eigenvalue weighted by molar-refractivity contribution is 7.19. The molecule has 2 aliphatic rings. The van der Waals surface area contributed by atoms with E-state index in [1.807, 2.05) is 11.3 Å². The molecule has 0 bridgehead atoms. The quantitative estimate of drug-likeness (QED) is 0.802. The summed E-state index contributed by atoms with van der Waals surface area (Å²) < 4.78 is 0. The number of nitrogens with zero attached hydrogens (tertiary/aromatic N) is 2. The Bertz CT molecular complexity index is 659. The molecule has 2 N–H and O–H groups in total. The van der Waals surface area contributed by atoms with Crippen molar-refractivity contribution in [1.82, 2.24) is 9.88 Å². The molecule has 0 saturated carbocycles. The number of anilines is 1. The number of likely N-dealkylation sites (N-methyl/N-ethyl adjacent to an activating group) is 1. The van der Waals surface area contributed by atoms with Crippen molar-refractivity contribution in [3.63, 3.8) is 0 Å². The first-order valence-corrected chi connectivity index (χ1v) is 7.95. The van der Waals surface area contributed by atoms with Crippen LogP contribution in [0, 0.1) is 0 Å². The van der Waals surface area contributed by atoms with E-state index in [1.54, 1.807) is 0 Å². The Morgan fingerprint density at radius 2 is 2.00 bits per heavy atom. The minimum Gasteiger partial charge on any atom is -0.398 e. The summed E-state index contributed by atoms with van der Waals surface area (Å²) in [7, 11) is 2.16. The average Bonchev–Trinajstić information content (AvgIpc) is 2.78. The predicted octanol–water partition coefficient (Wildman–Crippen LogP) is 2.75. The summed E-state index contributed by atoms with van der Waals surface area (Å²) in [4.78, 5) is 9.99. The van der Waals surface area contributed by atoms with Crippen LogP contribution < -0.4 is 5.73 Å². The minimum atomic E-state index is 0.953. The fourth-order valence-electron chi connectivity index (χ4n) is 3.43. The van der Waals surface area contributed by atoms with Crippen molar-refractivity contribution < 1.29 is 0 Å². The van der Waals surface area contributed by atoms with Crippen LogP contribution in [0.5, 0.6) is 0 Å². The van der Waals surface area contributed by atoms with E-state index in [1.165, 1.54) is 57.6 Å². The van der Waals surface area contributed by atoms with Crippen LogP contribution >= 0.6 is 11.3 Å². The number of aromatic nitrogens is 1. The van der Waals surface area contributed by atoms with Gasteiger partial charge in [0.2, 0.25) is 0 Å². The zero-order valence-electron chi connectivity index (χ0n) is 11.3. The molecule has 0 unspecified atom stereocenters. The van der Waals surface area contributed by atoms with Crippen molar-refractivity contribution in [3.05, 3.63) is 21.7 Å². The summed E-state index contributed by atoms with van der Waals surface area (Å²) in [6.45, 7) is 2.05. The van der Waals surface area contributed by atoms with Gasteiger partial charge in [-0.25, -0.2) is 4.98 Å². The molecule has 0 saturated heterocycles. The fraction of sp³-hybridized carbons (Fsp3) is 0.533. The van der Waals surface area contributed by atoms with Gasteiger partial charge in [0.05, 0.1) is 0 Å². The maximum atomic E-state index is 6.51. The average molecular weight is 273 g/mol. The van der Waals surface area contributed by atoms with Gasteiger partial charge in [-0.2, -0.15) is 0 Å². The number of nitrogen functional groups attached to an aromatic ring is 1. The van der Waals surface area contributed by atoms with Crippen molar-refractivity contribution in [2.45, 2.75) is 38.6 Å². The van der Waals surface area contributed by atoms with E-state index >= 15 is 0 Å². The zero-order valence-corrected chi connectivity index (χ0v) is 12.1. The molecule has 2 aromatic heterocycles. The lowest BCUT2D eigenvalue weighted by atomic mass is 9.94. The monoisotopic (exact) mass is 273 g/mol. The molecule has 3 nitrogen and oxygen atoms in total. The third-order valence-electron chi connectivity index (χ3n) is 4.49. The topological polar surface area (TPSA) is 42.2 Å². The summed E-state index contributed by atoms with van der Waals surface area (Å²) in [6, 6.07) is 0. The molecule has 4 rings (SSSR count). The molecular weight excluding hydrogens is 254 g/mol. The molecule has 0 aromatic carbocycles. The summed E-state index contributed by atoms with van der Waals surface area (Å²) in [5, 5.41) is 1.29. The lowest BCUT2D eigenvalue weighted by Crippen LogP contribution is -2.28. The lowest BCUT2D eigenvalue weighted by Gasteiger charge is -2.25. The number of hydrogen-bond acceptors (Lipinski definition) is 4. The van der Waals surface area contributed by atoms with Gasteiger partial charge in [0.1, 0.15) is 4.83 Å². The summed E-state index contributed by atoms with van der Waals surface area (Å²) in [5.74, 6) is 0. The second-order valence-corrected chi connectivity index (χ2v) is 6.91. The van der Waals surface area contributed by atoms with Crippen molar-refractivity contribution >= 4 is 27.2 Å². The molecule has 100 valence electrons. The third-order valence-corrected chi connectivity index (χ3v) is 5.68. The second kappa shape index (κ2) is 4.18. The van der Waals surface area contributed by atoms with Gasteiger partial charge in [-0.15, -0.1) is 11.3 Å². The number of rotatable bonds is 0. The first-order chi connectivity index (χ1) is 9.24. The van der Waals surface area contributed by atoms with Crippen LogP contribution in [-0.2, 0) is 25.8 Å². The molecule has 19 heavy (non-hydrogen) atoms. The highest BCUT2D eigenvalue weighted by Gasteiger charge is 2.24. The standard InChI is InChI=1S/C15H19N3S/c1-18-7-6-11-10(8-18)14(16)13-9-4-2-3-5-12(9)19-15(13)17-11/h2-8H2,1H3,(H2,16,17). The SMILES string of the molecule is CN1CCc2nc3sc4c(c3c(N)c2C1)CCCC4. The molecule has 3 heterocycles. The highest BCUT2D eigenvalue weighted by Crippen LogP contribution is 2.41. The van der Waals surface area contributed by atoms with Crippen molar-refractivity contribution in [2.24, 2.45) is 0 Å². The van der Waals surface area contributed by atoms with Crippen LogP contribution in [-0.4, -0.2) is 23.5 Å². The fourth-order valence-corrected chi connectivity index (χ4v) is 4.73. The van der Waals surface area contributed by atoms with Gasteiger partial charge in [0.25, 0.3) is 0 Å². The highest BCUT2D eigenvalue weighted by atomic mass is 32.1. The Hall–Kier alpha value is -1.13. The van der Waals surface area contributed by atoms with Crippen LogP contribution in [0.3, 0.4) is 0 Å². The van der Waals surface area contributed by atoms with Crippen LogP contribution in [0.1, 0.15) is 34.5 Å². The van der Waals surface area contributed by atoms with E-state index in [4.69, 9.17) is 10.7 Å². The molecule has 1 aliphatic heterocycles. The first-order valence-electron chi connectivity index (χ1n) is 7.14. The van der Waals surface area contributed by atoms with Crippen LogP contribution in [0.2, 0.25) is 0 Å². The van der Waals surface area contributed by atoms with Gasteiger partial charge < -0.3 is 10.6 Å². The minimum absolute atomic E-state index is 0.953. The molecule has 0 atom stereocenters.